The maximum atomic E-state index is 15.7. The number of hydrogen-bond acceptors (Lipinski definition) is 6. The van der Waals surface area contributed by atoms with Gasteiger partial charge in [0.15, 0.2) is 17.3 Å². The number of hydrogen-bond donors (Lipinski definition) is 0. The molecule has 3 aliphatic rings. The zero-order chi connectivity index (χ0) is 25.8. The minimum Gasteiger partial charge on any atom is -0.483 e. The van der Waals surface area contributed by atoms with Gasteiger partial charge in [-0.2, -0.15) is 0 Å². The molecule has 1 aromatic carbocycles. The van der Waals surface area contributed by atoms with E-state index in [-0.39, 0.29) is 35.4 Å². The lowest BCUT2D eigenvalue weighted by molar-refractivity contribution is 0.000459. The number of esters is 1. The smallest absolute Gasteiger partial charge is 0.338 e. The van der Waals surface area contributed by atoms with E-state index in [0.717, 1.165) is 64.5 Å². The van der Waals surface area contributed by atoms with Gasteiger partial charge < -0.3 is 18.9 Å². The summed E-state index contributed by atoms with van der Waals surface area (Å²) in [7, 11) is 0. The number of halogens is 1. The highest BCUT2D eigenvalue weighted by molar-refractivity contribution is 5.90. The summed E-state index contributed by atoms with van der Waals surface area (Å²) in [6, 6.07) is 2.89. The fourth-order valence-electron chi connectivity index (χ4n) is 6.00. The summed E-state index contributed by atoms with van der Waals surface area (Å²) in [5.41, 5.74) is -0.636. The van der Waals surface area contributed by atoms with Crippen molar-refractivity contribution >= 4 is 5.97 Å². The van der Waals surface area contributed by atoms with Gasteiger partial charge in [0.2, 0.25) is 0 Å². The monoisotopic (exact) mass is 505 g/mol. The molecule has 2 saturated carbocycles. The molecule has 6 nitrogen and oxygen atoms in total. The van der Waals surface area contributed by atoms with Gasteiger partial charge in [0.1, 0.15) is 17.8 Å². The van der Waals surface area contributed by atoms with Crippen molar-refractivity contribution in [3.8, 4) is 11.5 Å². The van der Waals surface area contributed by atoms with Gasteiger partial charge in [0, 0.05) is 19.6 Å². The van der Waals surface area contributed by atoms with E-state index >= 15 is 4.39 Å². The SMILES string of the molecule is CC(C)C1(Oc2cc(C(=O)OCCN3CCOCC3)cc(F)c2OC2(C(C)C)CCCC2)CCCC1. The third-order valence-electron chi connectivity index (χ3n) is 8.61. The normalized spacial score (nSPS) is 21.8. The minimum atomic E-state index is -0.559. The van der Waals surface area contributed by atoms with Gasteiger partial charge in [-0.3, -0.25) is 4.90 Å². The number of benzene rings is 1. The molecule has 2 aliphatic carbocycles. The fourth-order valence-corrected chi connectivity index (χ4v) is 6.00. The zero-order valence-electron chi connectivity index (χ0n) is 22.6. The third kappa shape index (κ3) is 5.99. The van der Waals surface area contributed by atoms with Crippen molar-refractivity contribution in [2.75, 3.05) is 39.5 Å². The molecule has 1 aromatic rings. The standard InChI is InChI=1S/C29H44FNO5/c1-21(2)28(9-5-6-10-28)35-25-20-23(27(32)34-18-15-31-13-16-33-17-14-31)19-24(30)26(25)36-29(22(3)4)11-7-8-12-29/h19-22H,5-18H2,1-4H3. The number of nitrogens with zero attached hydrogens (tertiary/aromatic N) is 1. The lowest BCUT2D eigenvalue weighted by atomic mass is 9.88. The number of rotatable bonds is 10. The second kappa shape index (κ2) is 11.7. The Morgan fingerprint density at radius 3 is 2.06 bits per heavy atom. The first-order valence-electron chi connectivity index (χ1n) is 13.9. The van der Waals surface area contributed by atoms with E-state index in [4.69, 9.17) is 18.9 Å². The molecule has 4 rings (SSSR count). The highest BCUT2D eigenvalue weighted by atomic mass is 19.1. The van der Waals surface area contributed by atoms with Crippen LogP contribution in [-0.4, -0.2) is 61.5 Å². The fraction of sp³-hybridized carbons (Fsp3) is 0.759. The van der Waals surface area contributed by atoms with Gasteiger partial charge >= 0.3 is 5.97 Å². The van der Waals surface area contributed by atoms with Gasteiger partial charge in [0.25, 0.3) is 0 Å². The Morgan fingerprint density at radius 2 is 1.50 bits per heavy atom. The Kier molecular flexibility index (Phi) is 8.82. The minimum absolute atomic E-state index is 0.141. The average molecular weight is 506 g/mol. The first-order chi connectivity index (χ1) is 17.2. The second-order valence-electron chi connectivity index (χ2n) is 11.4. The quantitative estimate of drug-likeness (QED) is 0.363. The van der Waals surface area contributed by atoms with Crippen molar-refractivity contribution in [1.29, 1.82) is 0 Å². The van der Waals surface area contributed by atoms with Crippen LogP contribution in [0.2, 0.25) is 0 Å². The van der Waals surface area contributed by atoms with Crippen molar-refractivity contribution in [3.05, 3.63) is 23.5 Å². The highest BCUT2D eigenvalue weighted by Crippen LogP contribution is 2.47. The molecular weight excluding hydrogens is 461 g/mol. The molecule has 7 heteroatoms. The maximum Gasteiger partial charge on any atom is 0.338 e. The van der Waals surface area contributed by atoms with Crippen molar-refractivity contribution in [2.45, 2.75) is 90.3 Å². The molecule has 0 spiro atoms. The molecule has 1 heterocycles. The summed E-state index contributed by atoms with van der Waals surface area (Å²) in [5.74, 6) is -0.132. The molecule has 0 unspecified atom stereocenters. The second-order valence-corrected chi connectivity index (χ2v) is 11.4. The van der Waals surface area contributed by atoms with Crippen molar-refractivity contribution in [3.63, 3.8) is 0 Å². The third-order valence-corrected chi connectivity index (χ3v) is 8.61. The van der Waals surface area contributed by atoms with E-state index in [9.17, 15) is 4.79 Å². The Bertz CT molecular complexity index is 884. The highest BCUT2D eigenvalue weighted by Gasteiger charge is 2.43. The predicted octanol–water partition coefficient (Wildman–Crippen LogP) is 6.01. The summed E-state index contributed by atoms with van der Waals surface area (Å²) in [6.07, 6.45) is 7.91. The Labute approximate surface area is 215 Å². The van der Waals surface area contributed by atoms with Crippen molar-refractivity contribution < 1.29 is 28.1 Å². The summed E-state index contributed by atoms with van der Waals surface area (Å²) in [6.45, 7) is 12.5. The largest absolute Gasteiger partial charge is 0.483 e. The molecule has 3 fully saturated rings. The zero-order valence-corrected chi connectivity index (χ0v) is 22.6. The molecule has 1 saturated heterocycles. The molecule has 0 N–H and O–H groups in total. The van der Waals surface area contributed by atoms with Crippen LogP contribution >= 0.6 is 0 Å². The van der Waals surface area contributed by atoms with Gasteiger partial charge in [-0.15, -0.1) is 0 Å². The van der Waals surface area contributed by atoms with Crippen LogP contribution in [0.15, 0.2) is 12.1 Å². The summed E-state index contributed by atoms with van der Waals surface area (Å²) in [5, 5.41) is 0. The molecule has 0 atom stereocenters. The Hall–Kier alpha value is -1.86. The first-order valence-corrected chi connectivity index (χ1v) is 13.9. The number of ether oxygens (including phenoxy) is 4. The summed E-state index contributed by atoms with van der Waals surface area (Å²) in [4.78, 5) is 15.1. The number of morpholine rings is 1. The molecular formula is C29H44FNO5. The molecule has 0 amide bonds. The van der Waals surface area contributed by atoms with Crippen molar-refractivity contribution in [2.24, 2.45) is 11.8 Å². The predicted molar refractivity (Wildman–Crippen MR) is 137 cm³/mol. The van der Waals surface area contributed by atoms with Gasteiger partial charge in [-0.05, 0) is 75.3 Å². The van der Waals surface area contributed by atoms with Crippen LogP contribution in [0.4, 0.5) is 4.39 Å². The van der Waals surface area contributed by atoms with Crippen LogP contribution in [0.3, 0.4) is 0 Å². The lowest BCUT2D eigenvalue weighted by Gasteiger charge is -2.38. The molecule has 36 heavy (non-hydrogen) atoms. The Balaban J connectivity index is 1.59. The van der Waals surface area contributed by atoms with Crippen LogP contribution in [0.1, 0.15) is 89.4 Å². The molecule has 202 valence electrons. The molecule has 0 radical (unpaired) electrons. The van der Waals surface area contributed by atoms with Gasteiger partial charge in [-0.25, -0.2) is 9.18 Å². The average Bonchev–Trinajstić information content (AvgIpc) is 3.53. The Morgan fingerprint density at radius 1 is 0.944 bits per heavy atom. The number of carbonyl (C=O) groups is 1. The van der Waals surface area contributed by atoms with E-state index in [1.165, 1.54) is 6.07 Å². The lowest BCUT2D eigenvalue weighted by Crippen LogP contribution is -2.41. The van der Waals surface area contributed by atoms with Crippen LogP contribution in [0.5, 0.6) is 11.5 Å². The van der Waals surface area contributed by atoms with E-state index in [1.807, 2.05) is 0 Å². The van der Waals surface area contributed by atoms with Crippen molar-refractivity contribution in [1.82, 2.24) is 4.90 Å². The molecule has 1 aliphatic heterocycles. The molecule has 0 aromatic heterocycles. The van der Waals surface area contributed by atoms with Crippen LogP contribution in [-0.2, 0) is 9.47 Å². The van der Waals surface area contributed by atoms with Gasteiger partial charge in [-0.1, -0.05) is 27.7 Å². The van der Waals surface area contributed by atoms with E-state index < -0.39 is 17.4 Å². The summed E-state index contributed by atoms with van der Waals surface area (Å²) >= 11 is 0. The molecule has 0 bridgehead atoms. The van der Waals surface area contributed by atoms with E-state index in [2.05, 4.69) is 32.6 Å². The van der Waals surface area contributed by atoms with Crippen LogP contribution in [0, 0.1) is 17.7 Å². The topological polar surface area (TPSA) is 57.2 Å². The summed E-state index contributed by atoms with van der Waals surface area (Å²) < 4.78 is 39.8. The maximum absolute atomic E-state index is 15.7. The van der Waals surface area contributed by atoms with Crippen LogP contribution in [0.25, 0.3) is 0 Å². The first kappa shape index (κ1) is 27.2. The van der Waals surface area contributed by atoms with E-state index in [0.29, 0.717) is 25.5 Å². The van der Waals surface area contributed by atoms with Crippen LogP contribution < -0.4 is 9.47 Å². The van der Waals surface area contributed by atoms with E-state index in [1.54, 1.807) is 6.07 Å². The number of carbonyl (C=O) groups excluding carboxylic acids is 1. The van der Waals surface area contributed by atoms with Gasteiger partial charge in [0.05, 0.1) is 18.8 Å².